The first-order chi connectivity index (χ1) is 10.1. The summed E-state index contributed by atoms with van der Waals surface area (Å²) in [5.41, 5.74) is 2.37. The molecule has 0 aliphatic carbocycles. The molecule has 0 aliphatic rings. The molecule has 0 atom stereocenters. The van der Waals surface area contributed by atoms with Gasteiger partial charge in [0.25, 0.3) is 5.91 Å². The van der Waals surface area contributed by atoms with Crippen molar-refractivity contribution in [3.05, 3.63) is 35.4 Å². The minimum atomic E-state index is -0.421. The largest absolute Gasteiger partial charge is 0.286 e. The highest BCUT2D eigenvalue weighted by Gasteiger charge is 2.06. The number of thioether (sulfide) groups is 1. The van der Waals surface area contributed by atoms with Gasteiger partial charge in [0.05, 0.1) is 0 Å². The van der Waals surface area contributed by atoms with E-state index in [0.29, 0.717) is 5.06 Å². The molecular weight excluding hydrogens is 282 g/mol. The van der Waals surface area contributed by atoms with E-state index >= 15 is 0 Å². The van der Waals surface area contributed by atoms with Crippen molar-refractivity contribution in [1.82, 2.24) is 5.06 Å². The summed E-state index contributed by atoms with van der Waals surface area (Å²) in [6.07, 6.45) is 11.3. The quantitative estimate of drug-likeness (QED) is 0.254. The third kappa shape index (κ3) is 5.94. The van der Waals surface area contributed by atoms with Crippen LogP contribution in [0.15, 0.2) is 29.2 Å². The van der Waals surface area contributed by atoms with Crippen LogP contribution in [0.2, 0.25) is 0 Å². The number of carbonyl (C=O) groups is 1. The zero-order valence-electron chi connectivity index (χ0n) is 13.1. The monoisotopic (exact) mass is 307 g/mol. The average molecular weight is 307 g/mol. The van der Waals surface area contributed by atoms with Crippen LogP contribution in [0.3, 0.4) is 0 Å². The van der Waals surface area contributed by atoms with Gasteiger partial charge < -0.3 is 0 Å². The topological polar surface area (TPSA) is 40.5 Å². The molecule has 1 aromatic carbocycles. The molecule has 0 fully saturated rings. The van der Waals surface area contributed by atoms with Gasteiger partial charge in [-0.3, -0.25) is 10.0 Å². The first-order valence-electron chi connectivity index (χ1n) is 7.40. The predicted molar refractivity (Wildman–Crippen MR) is 89.7 cm³/mol. The van der Waals surface area contributed by atoms with Crippen molar-refractivity contribution < 1.29 is 10.0 Å². The van der Waals surface area contributed by atoms with Gasteiger partial charge in [0, 0.05) is 18.0 Å². The third-order valence-electron chi connectivity index (χ3n) is 3.36. The maximum absolute atomic E-state index is 11.4. The van der Waals surface area contributed by atoms with Crippen LogP contribution in [0.25, 0.3) is 6.08 Å². The molecule has 0 saturated carbocycles. The maximum Gasteiger partial charge on any atom is 0.269 e. The predicted octanol–water partition coefficient (Wildman–Crippen LogP) is 4.39. The molecule has 116 valence electrons. The summed E-state index contributed by atoms with van der Waals surface area (Å²) in [4.78, 5) is 12.6. The molecule has 21 heavy (non-hydrogen) atoms. The van der Waals surface area contributed by atoms with Crippen LogP contribution in [0.1, 0.15) is 43.7 Å². The number of unbranched alkanes of at least 4 members (excludes halogenated alkanes) is 3. The molecule has 0 radical (unpaired) electrons. The molecule has 0 aromatic heterocycles. The zero-order valence-corrected chi connectivity index (χ0v) is 13.9. The molecule has 1 aromatic rings. The highest BCUT2D eigenvalue weighted by Crippen LogP contribution is 2.27. The number of benzene rings is 1. The number of likely N-dealkylation sites (N-methyl/N-ethyl adjacent to an activating group) is 1. The number of carbonyl (C=O) groups excluding carboxylic acids is 1. The molecule has 1 rings (SSSR count). The van der Waals surface area contributed by atoms with Crippen LogP contribution in [0, 0.1) is 0 Å². The number of hydroxylamine groups is 2. The zero-order chi connectivity index (χ0) is 15.7. The summed E-state index contributed by atoms with van der Waals surface area (Å²) in [6.45, 7) is 2.22. The highest BCUT2D eigenvalue weighted by atomic mass is 32.2. The second kappa shape index (κ2) is 9.64. The first-order valence-corrected chi connectivity index (χ1v) is 8.63. The molecule has 0 bridgehead atoms. The molecule has 0 heterocycles. The number of aryl methyl sites for hydroxylation is 1. The summed E-state index contributed by atoms with van der Waals surface area (Å²) < 4.78 is 0. The molecule has 0 spiro atoms. The smallest absolute Gasteiger partial charge is 0.269 e. The van der Waals surface area contributed by atoms with Gasteiger partial charge in [-0.15, -0.1) is 11.8 Å². The van der Waals surface area contributed by atoms with E-state index in [0.717, 1.165) is 12.0 Å². The van der Waals surface area contributed by atoms with Crippen LogP contribution in [0.5, 0.6) is 0 Å². The molecule has 0 aliphatic heterocycles. The Morgan fingerprint density at radius 1 is 1.33 bits per heavy atom. The number of amides is 1. The summed E-state index contributed by atoms with van der Waals surface area (Å²) >= 11 is 1.71. The van der Waals surface area contributed by atoms with E-state index in [1.165, 1.54) is 49.3 Å². The standard InChI is InChI=1S/C17H25NO2S/c1-4-5-6-7-9-14-10-8-11-15(17(14)21-3)12-13-16(19)18(2)20/h8,10-13,20H,4-7,9H2,1-3H3/b13-12+. The molecule has 4 heteroatoms. The van der Waals surface area contributed by atoms with Gasteiger partial charge in [0.15, 0.2) is 0 Å². The van der Waals surface area contributed by atoms with E-state index in [1.54, 1.807) is 17.8 Å². The lowest BCUT2D eigenvalue weighted by Crippen LogP contribution is -2.19. The fourth-order valence-electron chi connectivity index (χ4n) is 2.19. The van der Waals surface area contributed by atoms with Crippen molar-refractivity contribution >= 4 is 23.7 Å². The fourth-order valence-corrected chi connectivity index (χ4v) is 3.00. The van der Waals surface area contributed by atoms with E-state index < -0.39 is 5.91 Å². The highest BCUT2D eigenvalue weighted by molar-refractivity contribution is 7.98. The summed E-state index contributed by atoms with van der Waals surface area (Å²) in [5, 5.41) is 9.66. The van der Waals surface area contributed by atoms with Crippen LogP contribution in [-0.2, 0) is 11.2 Å². The minimum absolute atomic E-state index is 0.421. The molecule has 1 amide bonds. The van der Waals surface area contributed by atoms with Crippen LogP contribution >= 0.6 is 11.8 Å². The lowest BCUT2D eigenvalue weighted by molar-refractivity contribution is -0.153. The SMILES string of the molecule is CCCCCCc1cccc(/C=C/C(=O)N(C)O)c1SC. The lowest BCUT2D eigenvalue weighted by Gasteiger charge is -2.11. The van der Waals surface area contributed by atoms with Gasteiger partial charge >= 0.3 is 0 Å². The van der Waals surface area contributed by atoms with Crippen LogP contribution in [-0.4, -0.2) is 29.5 Å². The van der Waals surface area contributed by atoms with E-state index in [1.807, 2.05) is 12.1 Å². The number of nitrogens with zero attached hydrogens (tertiary/aromatic N) is 1. The third-order valence-corrected chi connectivity index (χ3v) is 4.26. The van der Waals surface area contributed by atoms with Gasteiger partial charge in [-0.05, 0) is 36.3 Å². The van der Waals surface area contributed by atoms with E-state index in [9.17, 15) is 4.79 Å². The van der Waals surface area contributed by atoms with Gasteiger partial charge in [0.1, 0.15) is 0 Å². The Balaban J connectivity index is 2.83. The fraction of sp³-hybridized carbons (Fsp3) is 0.471. The van der Waals surface area contributed by atoms with E-state index in [4.69, 9.17) is 5.21 Å². The van der Waals surface area contributed by atoms with Gasteiger partial charge in [0.2, 0.25) is 0 Å². The number of hydrogen-bond donors (Lipinski definition) is 1. The Labute approximate surface area is 132 Å². The van der Waals surface area contributed by atoms with Crippen molar-refractivity contribution in [3.8, 4) is 0 Å². The van der Waals surface area contributed by atoms with Gasteiger partial charge in [-0.25, -0.2) is 5.06 Å². The lowest BCUT2D eigenvalue weighted by atomic mass is 10.0. The Hall–Kier alpha value is -1.26. The van der Waals surface area contributed by atoms with E-state index in [-0.39, 0.29) is 0 Å². The normalized spacial score (nSPS) is 11.0. The Morgan fingerprint density at radius 2 is 2.10 bits per heavy atom. The number of rotatable bonds is 8. The Bertz CT molecular complexity index is 484. The van der Waals surface area contributed by atoms with Crippen molar-refractivity contribution in [1.29, 1.82) is 0 Å². The average Bonchev–Trinajstić information content (AvgIpc) is 2.48. The second-order valence-electron chi connectivity index (χ2n) is 5.05. The van der Waals surface area contributed by atoms with Crippen molar-refractivity contribution in [2.24, 2.45) is 0 Å². The van der Waals surface area contributed by atoms with Crippen LogP contribution < -0.4 is 0 Å². The van der Waals surface area contributed by atoms with Crippen molar-refractivity contribution in [2.75, 3.05) is 13.3 Å². The molecule has 3 nitrogen and oxygen atoms in total. The van der Waals surface area contributed by atoms with Gasteiger partial charge in [-0.1, -0.05) is 44.4 Å². The molecule has 1 N–H and O–H groups in total. The second-order valence-corrected chi connectivity index (χ2v) is 5.86. The van der Waals surface area contributed by atoms with Crippen molar-refractivity contribution in [2.45, 2.75) is 43.9 Å². The summed E-state index contributed by atoms with van der Waals surface area (Å²) in [6, 6.07) is 6.19. The Morgan fingerprint density at radius 3 is 2.71 bits per heavy atom. The minimum Gasteiger partial charge on any atom is -0.286 e. The van der Waals surface area contributed by atoms with Gasteiger partial charge in [-0.2, -0.15) is 0 Å². The maximum atomic E-state index is 11.4. The molecule has 0 saturated heterocycles. The Kier molecular flexibility index (Phi) is 8.16. The molecular formula is C17H25NO2S. The summed E-state index contributed by atoms with van der Waals surface area (Å²) in [7, 11) is 1.33. The van der Waals surface area contributed by atoms with Crippen LogP contribution in [0.4, 0.5) is 0 Å². The number of hydrogen-bond acceptors (Lipinski definition) is 3. The molecule has 0 unspecified atom stereocenters. The van der Waals surface area contributed by atoms with Crippen molar-refractivity contribution in [3.63, 3.8) is 0 Å². The summed E-state index contributed by atoms with van der Waals surface area (Å²) in [5.74, 6) is -0.421. The first kappa shape index (κ1) is 17.8. The van der Waals surface area contributed by atoms with E-state index in [2.05, 4.69) is 19.2 Å².